The highest BCUT2D eigenvalue weighted by Crippen LogP contribution is 2.33. The molecule has 0 bridgehead atoms. The van der Waals surface area contributed by atoms with Gasteiger partial charge in [0.15, 0.2) is 5.13 Å². The van der Waals surface area contributed by atoms with Gasteiger partial charge in [0.2, 0.25) is 5.91 Å². The monoisotopic (exact) mass is 489 g/mol. The van der Waals surface area contributed by atoms with Crippen molar-refractivity contribution in [2.24, 2.45) is 0 Å². The van der Waals surface area contributed by atoms with E-state index >= 15 is 0 Å². The zero-order chi connectivity index (χ0) is 22.3. The van der Waals surface area contributed by atoms with Gasteiger partial charge in [0.25, 0.3) is 0 Å². The lowest BCUT2D eigenvalue weighted by molar-refractivity contribution is -0.118. The van der Waals surface area contributed by atoms with E-state index in [1.54, 1.807) is 23.1 Å². The maximum atomic E-state index is 13.3. The van der Waals surface area contributed by atoms with Crippen molar-refractivity contribution in [3.63, 3.8) is 0 Å². The molecule has 0 saturated carbocycles. The molecule has 32 heavy (non-hydrogen) atoms. The van der Waals surface area contributed by atoms with E-state index in [0.717, 1.165) is 65.9 Å². The first kappa shape index (κ1) is 23.5. The molecule has 3 aromatic rings. The summed E-state index contributed by atoms with van der Waals surface area (Å²) in [5.74, 6) is 1.05. The van der Waals surface area contributed by atoms with Gasteiger partial charge in [-0.25, -0.2) is 4.98 Å². The Kier molecular flexibility index (Phi) is 8.43. The van der Waals surface area contributed by atoms with Gasteiger partial charge in [-0.15, -0.1) is 11.8 Å². The zero-order valence-electron chi connectivity index (χ0n) is 18.3. The summed E-state index contributed by atoms with van der Waals surface area (Å²) in [6, 6.07) is 14.2. The molecule has 1 amide bonds. The van der Waals surface area contributed by atoms with Crippen LogP contribution in [0.25, 0.3) is 10.2 Å². The number of thioether (sulfide) groups is 1. The molecule has 1 aliphatic heterocycles. The number of hydrogen-bond donors (Lipinski definition) is 0. The minimum absolute atomic E-state index is 0.134. The molecule has 0 N–H and O–H groups in total. The molecule has 0 radical (unpaired) electrons. The molecule has 2 aromatic carbocycles. The number of amides is 1. The van der Waals surface area contributed by atoms with E-state index in [2.05, 4.69) is 17.0 Å². The molecule has 5 nitrogen and oxygen atoms in total. The highest BCUT2D eigenvalue weighted by atomic mass is 35.5. The summed E-state index contributed by atoms with van der Waals surface area (Å²) < 4.78 is 6.48. The lowest BCUT2D eigenvalue weighted by Crippen LogP contribution is -2.43. The first-order valence-corrected chi connectivity index (χ1v) is 13.1. The fourth-order valence-corrected chi connectivity index (χ4v) is 6.05. The lowest BCUT2D eigenvalue weighted by atomic mass is 10.2. The Morgan fingerprint density at radius 3 is 2.81 bits per heavy atom. The van der Waals surface area contributed by atoms with Gasteiger partial charge < -0.3 is 4.74 Å². The second kappa shape index (κ2) is 11.5. The van der Waals surface area contributed by atoms with Crippen LogP contribution in [0.15, 0.2) is 47.4 Å². The summed E-state index contributed by atoms with van der Waals surface area (Å²) in [5, 5.41) is 1.47. The quantitative estimate of drug-likeness (QED) is 0.293. The van der Waals surface area contributed by atoms with Crippen LogP contribution in [0, 0.1) is 6.92 Å². The zero-order valence-corrected chi connectivity index (χ0v) is 20.6. The average molecular weight is 490 g/mol. The number of benzene rings is 2. The molecule has 2 heterocycles. The minimum atomic E-state index is 0.134. The van der Waals surface area contributed by atoms with Crippen LogP contribution in [0.1, 0.15) is 18.4 Å². The molecule has 1 saturated heterocycles. The molecule has 0 atom stereocenters. The summed E-state index contributed by atoms with van der Waals surface area (Å²) in [6.07, 6.45) is 1.35. The number of aryl methyl sites for hydroxylation is 1. The third-order valence-corrected chi connectivity index (χ3v) is 7.80. The van der Waals surface area contributed by atoms with Gasteiger partial charge in [-0.2, -0.15) is 0 Å². The number of rotatable bonds is 9. The van der Waals surface area contributed by atoms with E-state index in [1.807, 2.05) is 42.2 Å². The van der Waals surface area contributed by atoms with Crippen molar-refractivity contribution >= 4 is 56.0 Å². The minimum Gasteiger partial charge on any atom is -0.379 e. The number of nitrogens with zero attached hydrogens (tertiary/aromatic N) is 3. The van der Waals surface area contributed by atoms with Crippen molar-refractivity contribution in [3.05, 3.63) is 53.1 Å². The highest BCUT2D eigenvalue weighted by molar-refractivity contribution is 7.99. The molecule has 1 fully saturated rings. The standard InChI is InChI=1S/C24H28ClN3O2S2/c1-18-16-19(25)17-21-23(18)26-24(32-21)28(10-9-27-11-13-30-14-12-27)22(29)8-5-15-31-20-6-3-2-4-7-20/h2-4,6-7,16-17H,5,8-15H2,1H3. The Hall–Kier alpha value is -1.64. The van der Waals surface area contributed by atoms with Crippen molar-refractivity contribution in [3.8, 4) is 0 Å². The molecule has 4 rings (SSSR count). The SMILES string of the molecule is Cc1cc(Cl)cc2sc(N(CCN3CCOCC3)C(=O)CCCSc3ccccc3)nc12. The third-order valence-electron chi connectivity index (χ3n) is 5.46. The number of carbonyl (C=O) groups excluding carboxylic acids is 1. The highest BCUT2D eigenvalue weighted by Gasteiger charge is 2.22. The maximum absolute atomic E-state index is 13.3. The first-order valence-electron chi connectivity index (χ1n) is 10.9. The predicted octanol–water partition coefficient (Wildman–Crippen LogP) is 5.50. The number of anilines is 1. The topological polar surface area (TPSA) is 45.7 Å². The van der Waals surface area contributed by atoms with Crippen LogP contribution in [0.2, 0.25) is 5.02 Å². The van der Waals surface area contributed by atoms with E-state index in [-0.39, 0.29) is 5.91 Å². The Bertz CT molecular complexity index is 1040. The molecular weight excluding hydrogens is 462 g/mol. The van der Waals surface area contributed by atoms with Crippen LogP contribution in [-0.2, 0) is 9.53 Å². The van der Waals surface area contributed by atoms with E-state index in [9.17, 15) is 4.79 Å². The van der Waals surface area contributed by atoms with Crippen LogP contribution in [0.4, 0.5) is 5.13 Å². The molecular formula is C24H28ClN3O2S2. The number of morpholine rings is 1. The Morgan fingerprint density at radius 1 is 1.25 bits per heavy atom. The smallest absolute Gasteiger partial charge is 0.228 e. The van der Waals surface area contributed by atoms with Gasteiger partial charge in [-0.3, -0.25) is 14.6 Å². The van der Waals surface area contributed by atoms with Gasteiger partial charge in [-0.05, 0) is 48.9 Å². The van der Waals surface area contributed by atoms with Crippen molar-refractivity contribution < 1.29 is 9.53 Å². The van der Waals surface area contributed by atoms with Gasteiger partial charge in [0.05, 0.1) is 23.4 Å². The van der Waals surface area contributed by atoms with Crippen LogP contribution < -0.4 is 4.90 Å². The molecule has 170 valence electrons. The molecule has 0 unspecified atom stereocenters. The van der Waals surface area contributed by atoms with Crippen molar-refractivity contribution in [2.45, 2.75) is 24.7 Å². The number of aromatic nitrogens is 1. The summed E-state index contributed by atoms with van der Waals surface area (Å²) in [5.41, 5.74) is 1.97. The normalized spacial score (nSPS) is 14.7. The van der Waals surface area contributed by atoms with Gasteiger partial charge in [0.1, 0.15) is 0 Å². The molecule has 1 aromatic heterocycles. The number of halogens is 1. The largest absolute Gasteiger partial charge is 0.379 e. The van der Waals surface area contributed by atoms with Crippen LogP contribution in [0.5, 0.6) is 0 Å². The molecule has 0 aliphatic carbocycles. The Labute approximate surface area is 202 Å². The van der Waals surface area contributed by atoms with Crippen LogP contribution in [-0.4, -0.2) is 60.9 Å². The summed E-state index contributed by atoms with van der Waals surface area (Å²) in [6.45, 7) is 6.79. The first-order chi connectivity index (χ1) is 15.6. The van der Waals surface area contributed by atoms with Gasteiger partial charge in [-0.1, -0.05) is 41.1 Å². The fourth-order valence-electron chi connectivity index (χ4n) is 3.72. The number of carbonyl (C=O) groups is 1. The Morgan fingerprint density at radius 2 is 2.03 bits per heavy atom. The van der Waals surface area contributed by atoms with Crippen LogP contribution >= 0.6 is 34.7 Å². The van der Waals surface area contributed by atoms with Crippen molar-refractivity contribution in [1.82, 2.24) is 9.88 Å². The van der Waals surface area contributed by atoms with Gasteiger partial charge in [0, 0.05) is 42.5 Å². The summed E-state index contributed by atoms with van der Waals surface area (Å²) in [7, 11) is 0. The number of hydrogen-bond acceptors (Lipinski definition) is 6. The second-order valence-corrected chi connectivity index (χ2v) is 10.4. The van der Waals surface area contributed by atoms with Crippen molar-refractivity contribution in [1.29, 1.82) is 0 Å². The summed E-state index contributed by atoms with van der Waals surface area (Å²) >= 11 is 9.59. The number of thiazole rings is 1. The molecule has 8 heteroatoms. The van der Waals surface area contributed by atoms with E-state index in [0.29, 0.717) is 18.0 Å². The molecule has 1 aliphatic rings. The van der Waals surface area contributed by atoms with Crippen LogP contribution in [0.3, 0.4) is 0 Å². The Balaban J connectivity index is 1.44. The number of fused-ring (bicyclic) bond motifs is 1. The average Bonchev–Trinajstić information content (AvgIpc) is 3.22. The summed E-state index contributed by atoms with van der Waals surface area (Å²) in [4.78, 5) is 23.6. The second-order valence-electron chi connectivity index (χ2n) is 7.83. The lowest BCUT2D eigenvalue weighted by Gasteiger charge is -2.29. The molecule has 0 spiro atoms. The van der Waals surface area contributed by atoms with E-state index in [1.165, 1.54) is 4.90 Å². The van der Waals surface area contributed by atoms with E-state index < -0.39 is 0 Å². The predicted molar refractivity (Wildman–Crippen MR) is 135 cm³/mol. The fraction of sp³-hybridized carbons (Fsp3) is 0.417. The van der Waals surface area contributed by atoms with Gasteiger partial charge >= 0.3 is 0 Å². The maximum Gasteiger partial charge on any atom is 0.228 e. The third kappa shape index (κ3) is 6.23. The number of ether oxygens (including phenoxy) is 1. The van der Waals surface area contributed by atoms with E-state index in [4.69, 9.17) is 21.3 Å². The van der Waals surface area contributed by atoms with Crippen molar-refractivity contribution in [2.75, 3.05) is 50.0 Å².